The molecule has 4 atom stereocenters. The molecule has 1 heterocycles. The third-order valence-corrected chi connectivity index (χ3v) is 6.14. The summed E-state index contributed by atoms with van der Waals surface area (Å²) in [7, 11) is 0. The van der Waals surface area contributed by atoms with E-state index in [1.807, 2.05) is 6.92 Å². The summed E-state index contributed by atoms with van der Waals surface area (Å²) < 4.78 is 5.22. The van der Waals surface area contributed by atoms with Gasteiger partial charge in [0, 0.05) is 6.42 Å². The second-order valence-electron chi connectivity index (χ2n) is 8.39. The molecule has 0 aliphatic carbocycles. The molecule has 3 N–H and O–H groups in total. The summed E-state index contributed by atoms with van der Waals surface area (Å²) in [5.74, 6) is 0.0320. The molecule has 0 bridgehead atoms. The van der Waals surface area contributed by atoms with Gasteiger partial charge in [0.25, 0.3) is 0 Å². The maximum Gasteiger partial charge on any atom is 0.158 e. The SMILES string of the molecule is CCCCCCCCCCCCCCCC(C)[C@@]1(O)CC(O)O[C@@H]1CO. The lowest BCUT2D eigenvalue weighted by atomic mass is 9.80. The Balaban J connectivity index is 1.95. The summed E-state index contributed by atoms with van der Waals surface area (Å²) in [6.45, 7) is 4.03. The number of hydrogen-bond donors (Lipinski definition) is 3. The van der Waals surface area contributed by atoms with Crippen molar-refractivity contribution in [3.63, 3.8) is 0 Å². The first kappa shape index (κ1) is 23.9. The minimum absolute atomic E-state index is 0.0320. The van der Waals surface area contributed by atoms with Gasteiger partial charge in [-0.3, -0.25) is 0 Å². The van der Waals surface area contributed by atoms with E-state index in [1.54, 1.807) is 0 Å². The molecule has 0 saturated carbocycles. The van der Waals surface area contributed by atoms with Crippen molar-refractivity contribution in [3.8, 4) is 0 Å². The monoisotopic (exact) mass is 372 g/mol. The zero-order valence-corrected chi connectivity index (χ0v) is 17.3. The van der Waals surface area contributed by atoms with Gasteiger partial charge in [0.05, 0.1) is 6.61 Å². The van der Waals surface area contributed by atoms with E-state index in [9.17, 15) is 15.3 Å². The van der Waals surface area contributed by atoms with Crippen LogP contribution in [0.15, 0.2) is 0 Å². The van der Waals surface area contributed by atoms with Crippen LogP contribution in [0.5, 0.6) is 0 Å². The molecular weight excluding hydrogens is 328 g/mol. The number of ether oxygens (including phenoxy) is 1. The molecule has 1 aliphatic rings. The standard InChI is InChI=1S/C22H44O4/c1-3-4-5-6-7-8-9-10-11-12-13-14-15-16-19(2)22(25)17-21(24)26-20(22)18-23/h19-21,23-25H,3-18H2,1-2H3/t19?,20-,21?,22+/m1/s1. The van der Waals surface area contributed by atoms with Gasteiger partial charge in [0.1, 0.15) is 11.7 Å². The molecule has 0 amide bonds. The number of hydrogen-bond acceptors (Lipinski definition) is 4. The molecule has 0 spiro atoms. The van der Waals surface area contributed by atoms with Crippen LogP contribution in [0.2, 0.25) is 0 Å². The van der Waals surface area contributed by atoms with E-state index in [2.05, 4.69) is 6.92 Å². The van der Waals surface area contributed by atoms with Crippen LogP contribution in [-0.4, -0.2) is 39.9 Å². The van der Waals surface area contributed by atoms with Crippen LogP contribution in [0.1, 0.15) is 110 Å². The third-order valence-electron chi connectivity index (χ3n) is 6.14. The molecule has 0 radical (unpaired) electrons. The fourth-order valence-electron chi connectivity index (χ4n) is 4.20. The summed E-state index contributed by atoms with van der Waals surface area (Å²) in [5.41, 5.74) is -1.09. The number of unbranched alkanes of at least 4 members (excludes halogenated alkanes) is 12. The Bertz CT molecular complexity index is 336. The van der Waals surface area contributed by atoms with Gasteiger partial charge in [-0.15, -0.1) is 0 Å². The van der Waals surface area contributed by atoms with E-state index < -0.39 is 18.0 Å². The van der Waals surface area contributed by atoms with Crippen molar-refractivity contribution in [3.05, 3.63) is 0 Å². The number of aliphatic hydroxyl groups excluding tert-OH is 2. The zero-order valence-electron chi connectivity index (χ0n) is 17.3. The lowest BCUT2D eigenvalue weighted by Crippen LogP contribution is -2.46. The highest BCUT2D eigenvalue weighted by Gasteiger charge is 2.49. The van der Waals surface area contributed by atoms with E-state index >= 15 is 0 Å². The van der Waals surface area contributed by atoms with Crippen molar-refractivity contribution < 1.29 is 20.1 Å². The summed E-state index contributed by atoms with van der Waals surface area (Å²) in [4.78, 5) is 0. The summed E-state index contributed by atoms with van der Waals surface area (Å²) in [6, 6.07) is 0. The van der Waals surface area contributed by atoms with Crippen molar-refractivity contribution in [2.45, 2.75) is 128 Å². The second-order valence-corrected chi connectivity index (χ2v) is 8.39. The van der Waals surface area contributed by atoms with Crippen LogP contribution in [0.4, 0.5) is 0 Å². The van der Waals surface area contributed by atoms with Crippen molar-refractivity contribution in [1.29, 1.82) is 0 Å². The maximum absolute atomic E-state index is 10.7. The topological polar surface area (TPSA) is 69.9 Å². The van der Waals surface area contributed by atoms with Gasteiger partial charge in [0.2, 0.25) is 0 Å². The van der Waals surface area contributed by atoms with Crippen LogP contribution < -0.4 is 0 Å². The predicted octanol–water partition coefficient (Wildman–Crippen LogP) is 4.93. The molecule has 1 rings (SSSR count). The minimum atomic E-state index is -1.09. The van der Waals surface area contributed by atoms with Crippen LogP contribution >= 0.6 is 0 Å². The van der Waals surface area contributed by atoms with Crippen LogP contribution in [0.25, 0.3) is 0 Å². The summed E-state index contributed by atoms with van der Waals surface area (Å²) >= 11 is 0. The largest absolute Gasteiger partial charge is 0.394 e. The van der Waals surface area contributed by atoms with Crippen molar-refractivity contribution >= 4 is 0 Å². The Morgan fingerprint density at radius 1 is 0.885 bits per heavy atom. The smallest absolute Gasteiger partial charge is 0.158 e. The quantitative estimate of drug-likeness (QED) is 0.336. The van der Waals surface area contributed by atoms with Crippen LogP contribution in [0, 0.1) is 5.92 Å². The van der Waals surface area contributed by atoms with Crippen molar-refractivity contribution in [2.24, 2.45) is 5.92 Å². The Morgan fingerprint density at radius 3 is 1.81 bits per heavy atom. The predicted molar refractivity (Wildman–Crippen MR) is 107 cm³/mol. The van der Waals surface area contributed by atoms with Crippen molar-refractivity contribution in [1.82, 2.24) is 0 Å². The van der Waals surface area contributed by atoms with Gasteiger partial charge in [-0.1, -0.05) is 97.3 Å². The average molecular weight is 373 g/mol. The molecule has 2 unspecified atom stereocenters. The third kappa shape index (κ3) is 8.69. The zero-order chi connectivity index (χ0) is 19.3. The van der Waals surface area contributed by atoms with E-state index in [0.29, 0.717) is 0 Å². The first-order valence-corrected chi connectivity index (χ1v) is 11.2. The first-order chi connectivity index (χ1) is 12.5. The summed E-state index contributed by atoms with van der Waals surface area (Å²) in [5, 5.41) is 29.7. The van der Waals surface area contributed by atoms with Gasteiger partial charge in [0.15, 0.2) is 6.29 Å². The maximum atomic E-state index is 10.7. The van der Waals surface area contributed by atoms with Gasteiger partial charge < -0.3 is 20.1 Å². The Labute approximate surface area is 161 Å². The molecule has 0 aromatic carbocycles. The molecule has 0 aromatic heterocycles. The Hall–Kier alpha value is -0.160. The van der Waals surface area contributed by atoms with Crippen molar-refractivity contribution in [2.75, 3.05) is 6.61 Å². The van der Waals surface area contributed by atoms with Crippen LogP contribution in [0.3, 0.4) is 0 Å². The molecule has 26 heavy (non-hydrogen) atoms. The van der Waals surface area contributed by atoms with Gasteiger partial charge in [-0.05, 0) is 12.3 Å². The van der Waals surface area contributed by atoms with Gasteiger partial charge in [-0.25, -0.2) is 0 Å². The second kappa shape index (κ2) is 13.9. The molecule has 4 nitrogen and oxygen atoms in total. The molecule has 1 fully saturated rings. The highest BCUT2D eigenvalue weighted by Crippen LogP contribution is 2.38. The van der Waals surface area contributed by atoms with Gasteiger partial charge >= 0.3 is 0 Å². The average Bonchev–Trinajstić information content (AvgIpc) is 2.93. The highest BCUT2D eigenvalue weighted by atomic mass is 16.6. The summed E-state index contributed by atoms with van der Waals surface area (Å²) in [6.07, 6.45) is 16.9. The molecule has 1 saturated heterocycles. The van der Waals surface area contributed by atoms with E-state index in [-0.39, 0.29) is 18.9 Å². The fraction of sp³-hybridized carbons (Fsp3) is 1.00. The normalized spacial score (nSPS) is 27.1. The Morgan fingerprint density at radius 2 is 1.35 bits per heavy atom. The van der Waals surface area contributed by atoms with E-state index in [4.69, 9.17) is 4.74 Å². The lowest BCUT2D eigenvalue weighted by Gasteiger charge is -2.33. The molecule has 1 aliphatic heterocycles. The first-order valence-electron chi connectivity index (χ1n) is 11.2. The van der Waals surface area contributed by atoms with Crippen LogP contribution in [-0.2, 0) is 4.74 Å². The molecule has 156 valence electrons. The Kier molecular flexibility index (Phi) is 12.8. The van der Waals surface area contributed by atoms with Gasteiger partial charge in [-0.2, -0.15) is 0 Å². The fourth-order valence-corrected chi connectivity index (χ4v) is 4.20. The molecule has 0 aromatic rings. The number of aliphatic hydroxyl groups is 3. The lowest BCUT2D eigenvalue weighted by molar-refractivity contribution is -0.130. The highest BCUT2D eigenvalue weighted by molar-refractivity contribution is 4.96. The van der Waals surface area contributed by atoms with E-state index in [0.717, 1.165) is 12.8 Å². The molecule has 4 heteroatoms. The minimum Gasteiger partial charge on any atom is -0.394 e. The number of rotatable bonds is 16. The molecular formula is C22H44O4. The van der Waals surface area contributed by atoms with E-state index in [1.165, 1.54) is 77.0 Å².